The van der Waals surface area contributed by atoms with Gasteiger partial charge in [-0.1, -0.05) is 18.2 Å². The molecule has 0 saturated carbocycles. The summed E-state index contributed by atoms with van der Waals surface area (Å²) < 4.78 is 12.8. The van der Waals surface area contributed by atoms with E-state index in [1.807, 2.05) is 0 Å². The van der Waals surface area contributed by atoms with Gasteiger partial charge in [0.15, 0.2) is 6.29 Å². The second-order valence-electron chi connectivity index (χ2n) is 7.65. The van der Waals surface area contributed by atoms with E-state index in [1.54, 1.807) is 5.56 Å². The van der Waals surface area contributed by atoms with Gasteiger partial charge >= 0.3 is 0 Å². The van der Waals surface area contributed by atoms with Crippen LogP contribution in [0.25, 0.3) is 10.9 Å². The van der Waals surface area contributed by atoms with Gasteiger partial charge in [0.1, 0.15) is 6.04 Å². The molecule has 23 heavy (non-hydrogen) atoms. The van der Waals surface area contributed by atoms with Gasteiger partial charge in [0, 0.05) is 36.1 Å². The molecule has 3 aliphatic heterocycles. The van der Waals surface area contributed by atoms with E-state index in [9.17, 15) is 0 Å². The summed E-state index contributed by atoms with van der Waals surface area (Å²) in [6.45, 7) is 4.00. The summed E-state index contributed by atoms with van der Waals surface area (Å²) in [6.07, 6.45) is 3.60. The van der Waals surface area contributed by atoms with Crippen LogP contribution in [0.1, 0.15) is 30.1 Å². The zero-order chi connectivity index (χ0) is 15.4. The minimum atomic E-state index is 0.0264. The molecule has 0 unspecified atom stereocenters. The first kappa shape index (κ1) is 14.0. The van der Waals surface area contributed by atoms with Crippen LogP contribution in [0.4, 0.5) is 0 Å². The average molecular weight is 313 g/mol. The summed E-state index contributed by atoms with van der Waals surface area (Å²) in [5.74, 6) is 0.533. The van der Waals surface area contributed by atoms with Crippen LogP contribution in [0.3, 0.4) is 0 Å². The zero-order valence-electron chi connectivity index (χ0n) is 13.8. The van der Waals surface area contributed by atoms with E-state index < -0.39 is 0 Å². The Labute approximate surface area is 137 Å². The van der Waals surface area contributed by atoms with Crippen molar-refractivity contribution in [3.8, 4) is 0 Å². The Morgan fingerprint density at radius 1 is 1.13 bits per heavy atom. The van der Waals surface area contributed by atoms with Gasteiger partial charge in [0.2, 0.25) is 0 Å². The fourth-order valence-corrected chi connectivity index (χ4v) is 5.01. The minimum absolute atomic E-state index is 0.0264. The molecule has 4 heteroatoms. The molecule has 1 aromatic carbocycles. The van der Waals surface area contributed by atoms with Crippen molar-refractivity contribution in [2.45, 2.75) is 31.6 Å². The largest absolute Gasteiger partial charge is 0.353 e. The molecule has 0 amide bonds. The Balaban J connectivity index is 1.54. The van der Waals surface area contributed by atoms with Crippen LogP contribution in [0.5, 0.6) is 0 Å². The maximum Gasteiger partial charge on any atom is 0.161 e. The first-order chi connectivity index (χ1) is 11.2. The first-order valence-electron chi connectivity index (χ1n) is 8.91. The third-order valence-corrected chi connectivity index (χ3v) is 6.37. The monoisotopic (exact) mass is 313 g/mol. The molecule has 0 aliphatic carbocycles. The summed E-state index contributed by atoms with van der Waals surface area (Å²) >= 11 is 0. The number of quaternary nitrogens is 1. The summed E-state index contributed by atoms with van der Waals surface area (Å²) in [5.41, 5.74) is 4.32. The van der Waals surface area contributed by atoms with Crippen LogP contribution in [0.15, 0.2) is 24.3 Å². The van der Waals surface area contributed by atoms with Crippen LogP contribution < -0.4 is 0 Å². The summed E-state index contributed by atoms with van der Waals surface area (Å²) in [6, 6.07) is 9.31. The molecular weight excluding hydrogens is 288 g/mol. The molecule has 3 aliphatic rings. The molecule has 122 valence electrons. The quantitative estimate of drug-likeness (QED) is 0.821. The number of aromatic amines is 1. The predicted octanol–water partition coefficient (Wildman–Crippen LogP) is 2.99. The molecule has 0 radical (unpaired) electrons. The van der Waals surface area contributed by atoms with Crippen LogP contribution in [0.2, 0.25) is 0 Å². The predicted molar refractivity (Wildman–Crippen MR) is 89.1 cm³/mol. The Morgan fingerprint density at radius 2 is 1.96 bits per heavy atom. The van der Waals surface area contributed by atoms with Crippen molar-refractivity contribution in [2.75, 3.05) is 33.4 Å². The van der Waals surface area contributed by atoms with Crippen LogP contribution in [-0.4, -0.2) is 49.1 Å². The van der Waals surface area contributed by atoms with E-state index in [0.29, 0.717) is 12.0 Å². The summed E-state index contributed by atoms with van der Waals surface area (Å²) in [5, 5.41) is 1.42. The molecule has 3 atom stereocenters. The SMILES string of the molecule is C[N@@+]12CCc3c([nH]c4ccccc34)[C@@H]1C[C@H](C1OCCO1)CC2. The highest BCUT2D eigenvalue weighted by Gasteiger charge is 2.47. The number of likely N-dealkylation sites (N-methyl/N-ethyl adjacent to an activating group) is 1. The molecule has 2 aromatic rings. The van der Waals surface area contributed by atoms with E-state index in [4.69, 9.17) is 9.47 Å². The number of benzene rings is 1. The number of ether oxygens (including phenoxy) is 2. The van der Waals surface area contributed by atoms with Crippen molar-refractivity contribution in [3.05, 3.63) is 35.5 Å². The van der Waals surface area contributed by atoms with E-state index in [-0.39, 0.29) is 6.29 Å². The van der Waals surface area contributed by atoms with Gasteiger partial charge in [-0.05, 0) is 11.6 Å². The maximum atomic E-state index is 5.81. The van der Waals surface area contributed by atoms with Gasteiger partial charge < -0.3 is 18.9 Å². The number of fused-ring (bicyclic) bond motifs is 5. The number of rotatable bonds is 1. The number of H-pyrrole nitrogens is 1. The van der Waals surface area contributed by atoms with Gasteiger partial charge in [-0.25, -0.2) is 0 Å². The summed E-state index contributed by atoms with van der Waals surface area (Å²) in [4.78, 5) is 3.75. The Kier molecular flexibility index (Phi) is 3.09. The van der Waals surface area contributed by atoms with Gasteiger partial charge in [0.25, 0.3) is 0 Å². The van der Waals surface area contributed by atoms with Gasteiger partial charge in [0.05, 0.1) is 39.0 Å². The van der Waals surface area contributed by atoms with Crippen LogP contribution >= 0.6 is 0 Å². The molecule has 5 rings (SSSR count). The lowest BCUT2D eigenvalue weighted by Crippen LogP contribution is -2.56. The number of hydrogen-bond acceptors (Lipinski definition) is 2. The minimum Gasteiger partial charge on any atom is -0.353 e. The lowest BCUT2D eigenvalue weighted by Gasteiger charge is -2.49. The Morgan fingerprint density at radius 3 is 2.83 bits per heavy atom. The second kappa shape index (κ2) is 5.07. The Bertz CT molecular complexity index is 734. The molecular formula is C19H25N2O2+. The van der Waals surface area contributed by atoms with E-state index in [1.165, 1.54) is 53.4 Å². The smallest absolute Gasteiger partial charge is 0.161 e. The number of nitrogens with zero attached hydrogens (tertiary/aromatic N) is 1. The normalized spacial score (nSPS) is 34.5. The van der Waals surface area contributed by atoms with E-state index in [2.05, 4.69) is 36.3 Å². The van der Waals surface area contributed by atoms with E-state index >= 15 is 0 Å². The van der Waals surface area contributed by atoms with Gasteiger partial charge in [-0.2, -0.15) is 0 Å². The van der Waals surface area contributed by atoms with Crippen molar-refractivity contribution in [1.29, 1.82) is 0 Å². The zero-order valence-corrected chi connectivity index (χ0v) is 13.8. The van der Waals surface area contributed by atoms with Crippen molar-refractivity contribution >= 4 is 10.9 Å². The Hall–Kier alpha value is -1.36. The number of hydrogen-bond donors (Lipinski definition) is 1. The molecule has 2 fully saturated rings. The highest BCUT2D eigenvalue weighted by molar-refractivity contribution is 5.85. The third-order valence-electron chi connectivity index (χ3n) is 6.37. The van der Waals surface area contributed by atoms with Gasteiger partial charge in [-0.15, -0.1) is 0 Å². The molecule has 4 nitrogen and oxygen atoms in total. The van der Waals surface area contributed by atoms with Crippen LogP contribution in [0, 0.1) is 5.92 Å². The van der Waals surface area contributed by atoms with Crippen molar-refractivity contribution in [2.24, 2.45) is 5.92 Å². The number of aromatic nitrogens is 1. The van der Waals surface area contributed by atoms with E-state index in [0.717, 1.165) is 13.2 Å². The molecule has 0 bridgehead atoms. The molecule has 1 aromatic heterocycles. The number of piperidine rings is 1. The van der Waals surface area contributed by atoms with Crippen molar-refractivity contribution in [3.63, 3.8) is 0 Å². The molecule has 0 spiro atoms. The highest BCUT2D eigenvalue weighted by Crippen LogP contribution is 2.46. The molecule has 4 heterocycles. The maximum absolute atomic E-state index is 5.81. The standard InChI is InChI=1S/C19H25N2O2/c1-21-8-6-13(19-22-10-11-23-19)12-17(21)18-15(7-9-21)14-4-2-3-5-16(14)20-18/h2-5,13,17,19-20H,6-12H2,1H3/q+1/t13-,17+,21-/m1/s1. The van der Waals surface area contributed by atoms with Gasteiger partial charge in [-0.3, -0.25) is 0 Å². The molecule has 1 N–H and O–H groups in total. The lowest BCUT2D eigenvalue weighted by molar-refractivity contribution is -0.948. The van der Waals surface area contributed by atoms with Crippen LogP contribution in [-0.2, 0) is 15.9 Å². The first-order valence-corrected chi connectivity index (χ1v) is 8.91. The third kappa shape index (κ3) is 2.09. The highest BCUT2D eigenvalue weighted by atomic mass is 16.7. The number of nitrogens with one attached hydrogen (secondary N) is 1. The summed E-state index contributed by atoms with van der Waals surface area (Å²) in [7, 11) is 2.44. The van der Waals surface area contributed by atoms with Crippen molar-refractivity contribution in [1.82, 2.24) is 4.98 Å². The second-order valence-corrected chi connectivity index (χ2v) is 7.65. The molecule has 2 saturated heterocycles. The fourth-order valence-electron chi connectivity index (χ4n) is 5.01. The average Bonchev–Trinajstić information content (AvgIpc) is 3.21. The topological polar surface area (TPSA) is 34.2 Å². The number of para-hydroxylation sites is 1. The van der Waals surface area contributed by atoms with Crippen molar-refractivity contribution < 1.29 is 14.0 Å². The lowest BCUT2D eigenvalue weighted by atomic mass is 9.82. The fraction of sp³-hybridized carbons (Fsp3) is 0.579.